The Morgan fingerprint density at radius 2 is 1.41 bits per heavy atom. The maximum absolute atomic E-state index is 10.6. The van der Waals surface area contributed by atoms with Crippen molar-refractivity contribution < 1.29 is 24.9 Å². The van der Waals surface area contributed by atoms with E-state index in [2.05, 4.69) is 7.85 Å². The normalized spacial score (nSPS) is 9.19. The number of hydrogen-bond acceptors (Lipinski definition) is 6. The van der Waals surface area contributed by atoms with Gasteiger partial charge < -0.3 is 10.2 Å². The Kier molecular flexibility index (Phi) is 9.99. The lowest BCUT2D eigenvalue weighted by Gasteiger charge is -1.99. The predicted octanol–water partition coefficient (Wildman–Crippen LogP) is 3.20. The Balaban J connectivity index is 0.000000460. The average Bonchev–Trinajstić information content (AvgIpc) is 2.63. The number of carbonyl (C=O) groups is 1. The van der Waals surface area contributed by atoms with E-state index in [4.69, 9.17) is 10.2 Å². The lowest BCUT2D eigenvalue weighted by Crippen LogP contribution is -2.02. The molecule has 0 atom stereocenters. The molecule has 0 unspecified atom stereocenters. The quantitative estimate of drug-likeness (QED) is 0.475. The molecule has 0 fully saturated rings. The molecule has 0 amide bonds. The molecule has 0 saturated carbocycles. The van der Waals surface area contributed by atoms with Crippen molar-refractivity contribution in [1.29, 1.82) is 0 Å². The zero-order valence-electron chi connectivity index (χ0n) is 15.1. The molecule has 0 aliphatic heterocycles. The van der Waals surface area contributed by atoms with Gasteiger partial charge in [0.2, 0.25) is 0 Å². The lowest BCUT2D eigenvalue weighted by atomic mass is 10.1. The van der Waals surface area contributed by atoms with Crippen LogP contribution in [0.25, 0.3) is 0 Å². The van der Waals surface area contributed by atoms with Gasteiger partial charge in [-0.2, -0.15) is 0 Å². The first-order valence-corrected chi connectivity index (χ1v) is 7.58. The molecule has 0 bridgehead atoms. The summed E-state index contributed by atoms with van der Waals surface area (Å²) in [6.07, 6.45) is 0. The second kappa shape index (κ2) is 11.4. The number of aryl methyl sites for hydroxylation is 2. The van der Waals surface area contributed by atoms with E-state index in [1.54, 1.807) is 19.1 Å². The standard InChI is InChI=1S/C8H7NO4.C8H9NO3.CH3B/c1-5-2-3-7(9(12)13)6(4-5)8(10)11;1-6-2-3-8(9(11)12)7(4-6)5-10;1-2/h2-4H,1H3,(H,10,11);2-4,10H,5H2,1H3;1H3. The maximum Gasteiger partial charge on any atom is 0.342 e. The summed E-state index contributed by atoms with van der Waals surface area (Å²) in [5.74, 6) is -1.28. The van der Waals surface area contributed by atoms with Gasteiger partial charge >= 0.3 is 5.97 Å². The van der Waals surface area contributed by atoms with E-state index in [1.165, 1.54) is 31.1 Å². The Hall–Kier alpha value is -3.27. The molecule has 10 heteroatoms. The van der Waals surface area contributed by atoms with Crippen LogP contribution in [-0.4, -0.2) is 33.9 Å². The highest BCUT2D eigenvalue weighted by Crippen LogP contribution is 2.20. The minimum Gasteiger partial charge on any atom is -0.477 e. The molecule has 0 heterocycles. The molecule has 0 aliphatic carbocycles. The first kappa shape index (κ1) is 23.7. The van der Waals surface area contributed by atoms with Crippen LogP contribution in [0.2, 0.25) is 6.82 Å². The summed E-state index contributed by atoms with van der Waals surface area (Å²) >= 11 is 0. The van der Waals surface area contributed by atoms with Gasteiger partial charge in [0.15, 0.2) is 0 Å². The lowest BCUT2D eigenvalue weighted by molar-refractivity contribution is -0.385. The van der Waals surface area contributed by atoms with Crippen LogP contribution >= 0.6 is 0 Å². The number of benzene rings is 2. The number of rotatable bonds is 4. The van der Waals surface area contributed by atoms with Crippen molar-refractivity contribution >= 4 is 25.2 Å². The van der Waals surface area contributed by atoms with Crippen LogP contribution in [-0.2, 0) is 6.61 Å². The van der Waals surface area contributed by atoms with Crippen LogP contribution in [0.5, 0.6) is 0 Å². The number of nitro benzene ring substituents is 2. The molecule has 2 aromatic rings. The summed E-state index contributed by atoms with van der Waals surface area (Å²) in [6.45, 7) is 4.71. The largest absolute Gasteiger partial charge is 0.477 e. The summed E-state index contributed by atoms with van der Waals surface area (Å²) in [7, 11) is 4.50. The van der Waals surface area contributed by atoms with Crippen LogP contribution in [0, 0.1) is 34.1 Å². The molecule has 0 saturated heterocycles. The summed E-state index contributed by atoms with van der Waals surface area (Å²) in [5, 5.41) is 38.2. The second-order valence-corrected chi connectivity index (χ2v) is 5.13. The topological polar surface area (TPSA) is 144 Å². The highest BCUT2D eigenvalue weighted by atomic mass is 16.6. The molecule has 0 aromatic heterocycles. The van der Waals surface area contributed by atoms with Crippen molar-refractivity contribution in [2.24, 2.45) is 0 Å². The van der Waals surface area contributed by atoms with Gasteiger partial charge in [0, 0.05) is 12.1 Å². The van der Waals surface area contributed by atoms with Crippen molar-refractivity contribution in [3.63, 3.8) is 0 Å². The number of nitrogens with zero attached hydrogens (tertiary/aromatic N) is 2. The van der Waals surface area contributed by atoms with Gasteiger partial charge in [0.1, 0.15) is 5.56 Å². The van der Waals surface area contributed by atoms with E-state index in [1.807, 2.05) is 6.92 Å². The van der Waals surface area contributed by atoms with Gasteiger partial charge in [-0.05, 0) is 31.5 Å². The van der Waals surface area contributed by atoms with Crippen LogP contribution in [0.1, 0.15) is 27.0 Å². The van der Waals surface area contributed by atoms with Crippen LogP contribution in [0.3, 0.4) is 0 Å². The molecular weight excluding hydrogens is 355 g/mol. The van der Waals surface area contributed by atoms with E-state index in [0.29, 0.717) is 11.1 Å². The molecule has 2 N–H and O–H groups in total. The smallest absolute Gasteiger partial charge is 0.342 e. The number of aromatic carboxylic acids is 1. The van der Waals surface area contributed by atoms with Gasteiger partial charge in [0.25, 0.3) is 11.4 Å². The Morgan fingerprint density at radius 1 is 0.963 bits per heavy atom. The van der Waals surface area contributed by atoms with E-state index in [9.17, 15) is 25.0 Å². The third-order valence-corrected chi connectivity index (χ3v) is 3.18. The highest BCUT2D eigenvalue weighted by Gasteiger charge is 2.18. The first-order valence-electron chi connectivity index (χ1n) is 7.58. The van der Waals surface area contributed by atoms with E-state index >= 15 is 0 Å². The van der Waals surface area contributed by atoms with E-state index in [-0.39, 0.29) is 23.5 Å². The number of aliphatic hydroxyl groups is 1. The minimum atomic E-state index is -1.28. The predicted molar refractivity (Wildman–Crippen MR) is 100 cm³/mol. The van der Waals surface area contributed by atoms with Gasteiger partial charge in [-0.1, -0.05) is 24.5 Å². The molecule has 2 radical (unpaired) electrons. The second-order valence-electron chi connectivity index (χ2n) is 5.13. The van der Waals surface area contributed by atoms with E-state index < -0.39 is 15.8 Å². The molecule has 142 valence electrons. The molecule has 2 aromatic carbocycles. The SMILES string of the molecule is Cc1ccc([N+](=O)[O-])c(C(=O)O)c1.Cc1ccc([N+](=O)[O-])c(CO)c1.[B]C. The fourth-order valence-electron chi connectivity index (χ4n) is 2.00. The van der Waals surface area contributed by atoms with Gasteiger partial charge in [-0.15, -0.1) is 0 Å². The monoisotopic (exact) mass is 374 g/mol. The summed E-state index contributed by atoms with van der Waals surface area (Å²) in [4.78, 5) is 30.1. The fraction of sp³-hybridized carbons (Fsp3) is 0.235. The average molecular weight is 374 g/mol. The Morgan fingerprint density at radius 3 is 1.81 bits per heavy atom. The number of aliphatic hydroxyl groups excluding tert-OH is 1. The summed E-state index contributed by atoms with van der Waals surface area (Å²) in [5.41, 5.74) is 1.28. The number of carboxylic acids is 1. The van der Waals surface area contributed by atoms with E-state index in [0.717, 1.165) is 5.56 Å². The van der Waals surface area contributed by atoms with Gasteiger partial charge in [-0.3, -0.25) is 20.2 Å². The van der Waals surface area contributed by atoms with Crippen molar-refractivity contribution in [2.75, 3.05) is 0 Å². The van der Waals surface area contributed by atoms with Crippen LogP contribution < -0.4 is 0 Å². The third-order valence-electron chi connectivity index (χ3n) is 3.18. The van der Waals surface area contributed by atoms with Crippen molar-refractivity contribution in [1.82, 2.24) is 0 Å². The minimum absolute atomic E-state index is 0.0249. The van der Waals surface area contributed by atoms with Crippen molar-refractivity contribution in [2.45, 2.75) is 27.3 Å². The maximum atomic E-state index is 10.6. The molecule has 27 heavy (non-hydrogen) atoms. The van der Waals surface area contributed by atoms with Gasteiger partial charge in [-0.25, -0.2) is 4.79 Å². The van der Waals surface area contributed by atoms with Crippen LogP contribution in [0.4, 0.5) is 11.4 Å². The molecule has 9 nitrogen and oxygen atoms in total. The molecule has 0 aliphatic rings. The molecule has 0 spiro atoms. The number of carboxylic acid groups (broad SMARTS) is 1. The Labute approximate surface area is 157 Å². The Bertz CT molecular complexity index is 825. The summed E-state index contributed by atoms with van der Waals surface area (Å²) in [6, 6.07) is 8.64. The molecule has 2 rings (SSSR count). The molecular formula is C17H19BN2O7. The number of nitro groups is 2. The van der Waals surface area contributed by atoms with Crippen molar-refractivity contribution in [3.8, 4) is 0 Å². The zero-order chi connectivity index (χ0) is 21.1. The highest BCUT2D eigenvalue weighted by molar-refractivity contribution is 6.05. The summed E-state index contributed by atoms with van der Waals surface area (Å²) < 4.78 is 0. The van der Waals surface area contributed by atoms with Gasteiger partial charge in [0.05, 0.1) is 29.9 Å². The van der Waals surface area contributed by atoms with Crippen LogP contribution in [0.15, 0.2) is 36.4 Å². The number of hydrogen-bond donors (Lipinski definition) is 2. The third kappa shape index (κ3) is 7.24. The fourth-order valence-corrected chi connectivity index (χ4v) is 2.00. The first-order chi connectivity index (χ1) is 12.7. The zero-order valence-corrected chi connectivity index (χ0v) is 15.1. The van der Waals surface area contributed by atoms with Crippen molar-refractivity contribution in [3.05, 3.63) is 78.9 Å².